The Morgan fingerprint density at radius 2 is 1.70 bits per heavy atom. The van der Waals surface area contributed by atoms with Crippen LogP contribution in [0.15, 0.2) is 48.7 Å². The van der Waals surface area contributed by atoms with Gasteiger partial charge in [-0.15, -0.1) is 0 Å². The molecule has 0 saturated carbocycles. The number of nitrogens with zero attached hydrogens (tertiary/aromatic N) is 5. The Labute approximate surface area is 232 Å². The Morgan fingerprint density at radius 1 is 1.00 bits per heavy atom. The summed E-state index contributed by atoms with van der Waals surface area (Å²) in [6, 6.07) is 11.6. The summed E-state index contributed by atoms with van der Waals surface area (Å²) >= 11 is 0. The third-order valence-corrected chi connectivity index (χ3v) is 7.04. The Bertz CT molecular complexity index is 1290. The second-order valence-corrected chi connectivity index (χ2v) is 10.4. The number of halogens is 1. The zero-order valence-corrected chi connectivity index (χ0v) is 22.8. The summed E-state index contributed by atoms with van der Waals surface area (Å²) in [4.78, 5) is 37.8. The van der Waals surface area contributed by atoms with Crippen molar-refractivity contribution in [2.24, 2.45) is 0 Å². The first kappa shape index (κ1) is 29.2. The third-order valence-electron chi connectivity index (χ3n) is 7.04. The molecule has 3 N–H and O–H groups in total. The van der Waals surface area contributed by atoms with E-state index in [-0.39, 0.29) is 31.2 Å². The molecule has 1 amide bonds. The van der Waals surface area contributed by atoms with Gasteiger partial charge in [0.25, 0.3) is 5.91 Å². The summed E-state index contributed by atoms with van der Waals surface area (Å²) in [6.07, 6.45) is -0.718. The van der Waals surface area contributed by atoms with Crippen molar-refractivity contribution in [3.63, 3.8) is 0 Å². The number of hydrogen-bond acceptors (Lipinski definition) is 7. The molecule has 2 atom stereocenters. The van der Waals surface area contributed by atoms with E-state index < -0.39 is 30.4 Å². The lowest BCUT2D eigenvalue weighted by molar-refractivity contribution is -0.139. The maximum absolute atomic E-state index is 13.8. The summed E-state index contributed by atoms with van der Waals surface area (Å²) in [7, 11) is 0. The molecule has 1 aliphatic heterocycles. The van der Waals surface area contributed by atoms with Crippen molar-refractivity contribution in [1.82, 2.24) is 19.4 Å². The van der Waals surface area contributed by atoms with Crippen molar-refractivity contribution in [2.75, 3.05) is 31.1 Å². The summed E-state index contributed by atoms with van der Waals surface area (Å²) in [5, 5.41) is 29.4. The highest BCUT2D eigenvalue weighted by atomic mass is 19.1. The Hall–Kier alpha value is -3.83. The van der Waals surface area contributed by atoms with Crippen molar-refractivity contribution in [3.05, 3.63) is 65.9 Å². The molecule has 1 fully saturated rings. The molecule has 1 aromatic carbocycles. The van der Waals surface area contributed by atoms with E-state index in [1.165, 1.54) is 12.1 Å². The van der Waals surface area contributed by atoms with Gasteiger partial charge in [-0.1, -0.05) is 19.9 Å². The van der Waals surface area contributed by atoms with Crippen LogP contribution in [0.3, 0.4) is 0 Å². The monoisotopic (exact) mass is 553 g/mol. The minimum absolute atomic E-state index is 0.0871. The fraction of sp³-hybridized carbons (Fsp3) is 0.448. The van der Waals surface area contributed by atoms with Crippen LogP contribution < -0.4 is 4.90 Å². The van der Waals surface area contributed by atoms with Gasteiger partial charge in [-0.3, -0.25) is 9.59 Å². The molecule has 3 heterocycles. The number of imidazole rings is 1. The lowest BCUT2D eigenvalue weighted by Crippen LogP contribution is -2.49. The van der Waals surface area contributed by atoms with Gasteiger partial charge in [0.2, 0.25) is 0 Å². The third kappa shape index (κ3) is 7.02. The number of aliphatic hydroxyl groups is 2. The first-order valence-corrected chi connectivity index (χ1v) is 13.5. The van der Waals surface area contributed by atoms with Crippen LogP contribution in [0.1, 0.15) is 55.2 Å². The molecular formula is C29H36FN5O5. The SMILES string of the molecule is CC(C)c1c(C(=O)N2CCN(c3ccccn3)CC2)nc(-c2ccc(F)cc2)n1CC[C@@H](O)C[C@@H](O)CC(=O)O. The van der Waals surface area contributed by atoms with Crippen LogP contribution in [0.2, 0.25) is 0 Å². The minimum atomic E-state index is -1.17. The topological polar surface area (TPSA) is 132 Å². The van der Waals surface area contributed by atoms with Gasteiger partial charge in [-0.2, -0.15) is 0 Å². The number of carboxylic acid groups (broad SMARTS) is 1. The lowest BCUT2D eigenvalue weighted by Gasteiger charge is -2.35. The smallest absolute Gasteiger partial charge is 0.305 e. The number of aliphatic hydroxyl groups excluding tert-OH is 2. The van der Waals surface area contributed by atoms with Crippen LogP contribution >= 0.6 is 0 Å². The number of amides is 1. The number of aliphatic carboxylic acids is 1. The van der Waals surface area contributed by atoms with E-state index in [1.54, 1.807) is 23.2 Å². The highest BCUT2D eigenvalue weighted by Crippen LogP contribution is 2.30. The second kappa shape index (κ2) is 13.0. The van der Waals surface area contributed by atoms with Gasteiger partial charge >= 0.3 is 5.97 Å². The molecule has 40 heavy (non-hydrogen) atoms. The van der Waals surface area contributed by atoms with E-state index in [0.29, 0.717) is 49.0 Å². The number of carboxylic acids is 1. The number of rotatable bonds is 11. The van der Waals surface area contributed by atoms with Gasteiger partial charge in [-0.25, -0.2) is 14.4 Å². The Balaban J connectivity index is 1.59. The zero-order chi connectivity index (χ0) is 28.8. The number of carbonyl (C=O) groups is 2. The lowest BCUT2D eigenvalue weighted by atomic mass is 10.0. The molecule has 2 aromatic heterocycles. The van der Waals surface area contributed by atoms with Gasteiger partial charge in [0, 0.05) is 44.5 Å². The molecule has 1 aliphatic rings. The predicted molar refractivity (Wildman–Crippen MR) is 148 cm³/mol. The van der Waals surface area contributed by atoms with Gasteiger partial charge < -0.3 is 29.7 Å². The number of hydrogen-bond donors (Lipinski definition) is 3. The Kier molecular flexibility index (Phi) is 9.49. The molecule has 0 unspecified atom stereocenters. The molecule has 4 rings (SSSR count). The first-order valence-electron chi connectivity index (χ1n) is 13.5. The van der Waals surface area contributed by atoms with Crippen LogP contribution in [0.4, 0.5) is 10.2 Å². The van der Waals surface area contributed by atoms with Gasteiger partial charge in [0.05, 0.1) is 24.3 Å². The summed E-state index contributed by atoms with van der Waals surface area (Å²) in [5.41, 5.74) is 1.65. The summed E-state index contributed by atoms with van der Waals surface area (Å²) in [6.45, 7) is 6.48. The van der Waals surface area contributed by atoms with Crippen molar-refractivity contribution < 1.29 is 29.3 Å². The molecule has 0 aliphatic carbocycles. The largest absolute Gasteiger partial charge is 0.481 e. The highest BCUT2D eigenvalue weighted by Gasteiger charge is 2.30. The number of benzene rings is 1. The fourth-order valence-corrected chi connectivity index (χ4v) is 5.08. The quantitative estimate of drug-likeness (QED) is 0.330. The molecule has 214 valence electrons. The van der Waals surface area contributed by atoms with Crippen molar-refractivity contribution in [1.29, 1.82) is 0 Å². The maximum atomic E-state index is 13.8. The zero-order valence-electron chi connectivity index (χ0n) is 22.8. The van der Waals surface area contributed by atoms with E-state index >= 15 is 0 Å². The number of carbonyl (C=O) groups excluding carboxylic acids is 1. The molecule has 10 nitrogen and oxygen atoms in total. The first-order chi connectivity index (χ1) is 19.1. The maximum Gasteiger partial charge on any atom is 0.305 e. The molecule has 0 bridgehead atoms. The van der Waals surface area contributed by atoms with Crippen molar-refractivity contribution in [3.8, 4) is 11.4 Å². The van der Waals surface area contributed by atoms with E-state index in [9.17, 15) is 24.2 Å². The minimum Gasteiger partial charge on any atom is -0.481 e. The molecule has 1 saturated heterocycles. The normalized spacial score (nSPS) is 15.3. The van der Waals surface area contributed by atoms with E-state index in [2.05, 4.69) is 9.88 Å². The number of aromatic nitrogens is 3. The van der Waals surface area contributed by atoms with Gasteiger partial charge in [-0.05, 0) is 55.2 Å². The van der Waals surface area contributed by atoms with E-state index in [1.807, 2.05) is 36.6 Å². The van der Waals surface area contributed by atoms with Crippen LogP contribution in [0.25, 0.3) is 11.4 Å². The average molecular weight is 554 g/mol. The molecule has 0 radical (unpaired) electrons. The van der Waals surface area contributed by atoms with Crippen molar-refractivity contribution in [2.45, 2.75) is 57.8 Å². The summed E-state index contributed by atoms with van der Waals surface area (Å²) in [5.74, 6) is -0.464. The average Bonchev–Trinajstić information content (AvgIpc) is 3.32. The number of pyridine rings is 1. The van der Waals surface area contributed by atoms with Gasteiger partial charge in [0.1, 0.15) is 17.5 Å². The second-order valence-electron chi connectivity index (χ2n) is 10.4. The fourth-order valence-electron chi connectivity index (χ4n) is 5.08. The summed E-state index contributed by atoms with van der Waals surface area (Å²) < 4.78 is 15.6. The highest BCUT2D eigenvalue weighted by molar-refractivity contribution is 5.94. The number of anilines is 1. The Morgan fingerprint density at radius 3 is 2.30 bits per heavy atom. The predicted octanol–water partition coefficient (Wildman–Crippen LogP) is 3.15. The van der Waals surface area contributed by atoms with Gasteiger partial charge in [0.15, 0.2) is 5.69 Å². The molecule has 11 heteroatoms. The molecule has 0 spiro atoms. The van der Waals surface area contributed by atoms with Crippen LogP contribution in [0.5, 0.6) is 0 Å². The molecular weight excluding hydrogens is 517 g/mol. The van der Waals surface area contributed by atoms with Crippen LogP contribution in [-0.2, 0) is 11.3 Å². The number of piperazine rings is 1. The van der Waals surface area contributed by atoms with Crippen LogP contribution in [0, 0.1) is 5.82 Å². The van der Waals surface area contributed by atoms with E-state index in [0.717, 1.165) is 5.82 Å². The van der Waals surface area contributed by atoms with Crippen LogP contribution in [-0.4, -0.2) is 85.0 Å². The van der Waals surface area contributed by atoms with Crippen molar-refractivity contribution >= 4 is 17.7 Å². The molecule has 3 aromatic rings. The van der Waals surface area contributed by atoms with E-state index in [4.69, 9.17) is 10.1 Å². The standard InChI is InChI=1S/C29H36FN5O5/c1-19(2)27-26(29(40)34-15-13-33(14-16-34)24-5-3-4-11-31-24)32-28(20-6-8-21(30)9-7-20)35(27)12-10-22(36)17-23(37)18-25(38)39/h3-9,11,19,22-23,36-37H,10,12-18H2,1-2H3,(H,38,39)/t22-,23-/m1/s1.